The van der Waals surface area contributed by atoms with Gasteiger partial charge in [-0.1, -0.05) is 60.1 Å². The normalized spacial score (nSPS) is 14.1. The molecule has 0 atom stereocenters. The van der Waals surface area contributed by atoms with Crippen molar-refractivity contribution in [3.63, 3.8) is 0 Å². The summed E-state index contributed by atoms with van der Waals surface area (Å²) in [6, 6.07) is 21.8. The van der Waals surface area contributed by atoms with Gasteiger partial charge >= 0.3 is 5.56 Å². The van der Waals surface area contributed by atoms with Crippen LogP contribution in [0.1, 0.15) is 11.1 Å². The van der Waals surface area contributed by atoms with Crippen LogP contribution in [0.25, 0.3) is 5.69 Å². The van der Waals surface area contributed by atoms with Crippen molar-refractivity contribution in [3.8, 4) is 11.4 Å². The summed E-state index contributed by atoms with van der Waals surface area (Å²) in [6.45, 7) is 1.05. The second-order valence-electron chi connectivity index (χ2n) is 9.40. The zero-order chi connectivity index (χ0) is 29.0. The number of benzene rings is 3. The average molecular weight is 596 g/mol. The molecule has 41 heavy (non-hydrogen) atoms. The van der Waals surface area contributed by atoms with Crippen molar-refractivity contribution in [2.24, 2.45) is 0 Å². The first-order valence-electron chi connectivity index (χ1n) is 12.7. The van der Waals surface area contributed by atoms with Crippen molar-refractivity contribution < 1.29 is 18.1 Å². The van der Waals surface area contributed by atoms with Crippen molar-refractivity contribution in [1.82, 2.24) is 14.1 Å². The third-order valence-electron chi connectivity index (χ3n) is 6.64. The molecule has 1 fully saturated rings. The van der Waals surface area contributed by atoms with E-state index in [4.69, 9.17) is 16.3 Å². The van der Waals surface area contributed by atoms with E-state index in [1.54, 1.807) is 30.3 Å². The average Bonchev–Trinajstić information content (AvgIpc) is 2.97. The lowest BCUT2D eigenvalue weighted by Crippen LogP contribution is -2.49. The van der Waals surface area contributed by atoms with Crippen LogP contribution in [0, 0.1) is 10.1 Å². The highest BCUT2D eigenvalue weighted by Gasteiger charge is 2.30. The topological polar surface area (TPSA) is 128 Å². The van der Waals surface area contributed by atoms with Crippen molar-refractivity contribution in [2.75, 3.05) is 31.1 Å². The van der Waals surface area contributed by atoms with E-state index in [0.717, 1.165) is 5.56 Å². The number of halogens is 1. The van der Waals surface area contributed by atoms with Crippen LogP contribution in [0.3, 0.4) is 0 Å². The minimum Gasteiger partial charge on any atom is -0.481 e. The number of nitrogens with zero attached hydrogens (tertiary/aromatic N) is 5. The van der Waals surface area contributed by atoms with Gasteiger partial charge in [0.15, 0.2) is 0 Å². The van der Waals surface area contributed by atoms with Crippen LogP contribution in [-0.4, -0.2) is 53.6 Å². The van der Waals surface area contributed by atoms with Gasteiger partial charge in [0.1, 0.15) is 12.3 Å². The molecule has 0 bridgehead atoms. The van der Waals surface area contributed by atoms with Gasteiger partial charge in [0, 0.05) is 43.3 Å². The van der Waals surface area contributed by atoms with Crippen LogP contribution in [0.5, 0.6) is 5.75 Å². The van der Waals surface area contributed by atoms with Crippen LogP contribution in [-0.2, 0) is 22.4 Å². The minimum atomic E-state index is -3.74. The maximum absolute atomic E-state index is 13.6. The molecule has 0 aliphatic carbocycles. The first-order valence-corrected chi connectivity index (χ1v) is 14.7. The van der Waals surface area contributed by atoms with Crippen LogP contribution in [0.2, 0.25) is 5.02 Å². The molecule has 0 spiro atoms. The number of rotatable bonds is 9. The lowest BCUT2D eigenvalue weighted by molar-refractivity contribution is -0.384. The minimum absolute atomic E-state index is 0.0942. The van der Waals surface area contributed by atoms with Gasteiger partial charge in [-0.15, -0.1) is 0 Å². The number of anilines is 1. The second-order valence-corrected chi connectivity index (χ2v) is 11.8. The number of nitro groups is 1. The number of aromatic nitrogens is 2. The third kappa shape index (κ3) is 6.56. The Bertz CT molecular complexity index is 1720. The van der Waals surface area contributed by atoms with Gasteiger partial charge < -0.3 is 9.64 Å². The number of piperazine rings is 1. The predicted molar refractivity (Wildman–Crippen MR) is 155 cm³/mol. The van der Waals surface area contributed by atoms with Gasteiger partial charge in [-0.3, -0.25) is 14.9 Å². The van der Waals surface area contributed by atoms with Crippen LogP contribution < -0.4 is 15.2 Å². The first-order chi connectivity index (χ1) is 19.7. The SMILES string of the molecule is O=c1c(OCc2ccccc2)c(N2CCN(S(=O)(=O)Cc3cccc([N+](=O)[O-])c3)CC2)cnn1-c1cccc(Cl)c1. The Hall–Kier alpha value is -4.26. The van der Waals surface area contributed by atoms with E-state index < -0.39 is 20.5 Å². The summed E-state index contributed by atoms with van der Waals surface area (Å²) in [4.78, 5) is 26.0. The van der Waals surface area contributed by atoms with E-state index in [0.29, 0.717) is 22.0 Å². The van der Waals surface area contributed by atoms with Crippen molar-refractivity contribution in [3.05, 3.63) is 122 Å². The standard InChI is InChI=1S/C28H26ClN5O6S/c29-23-9-5-10-24(17-23)33-28(35)27(40-19-21-6-2-1-3-7-21)26(18-30-33)31-12-14-32(15-13-31)41(38,39)20-22-8-4-11-25(16-22)34(36)37/h1-11,16-18H,12-15,19-20H2. The zero-order valence-electron chi connectivity index (χ0n) is 21.8. The van der Waals surface area contributed by atoms with E-state index in [9.17, 15) is 23.3 Å². The maximum Gasteiger partial charge on any atom is 0.316 e. The molecule has 212 valence electrons. The molecule has 13 heteroatoms. The smallest absolute Gasteiger partial charge is 0.316 e. The molecule has 0 saturated carbocycles. The lowest BCUT2D eigenvalue weighted by atomic mass is 10.2. The molecule has 11 nitrogen and oxygen atoms in total. The fraction of sp³-hybridized carbons (Fsp3) is 0.214. The highest BCUT2D eigenvalue weighted by Crippen LogP contribution is 2.28. The van der Waals surface area contributed by atoms with Crippen molar-refractivity contribution >= 4 is 33.0 Å². The molecule has 4 aromatic rings. The summed E-state index contributed by atoms with van der Waals surface area (Å²) in [5, 5.41) is 15.9. The highest BCUT2D eigenvalue weighted by atomic mass is 35.5. The Balaban J connectivity index is 1.37. The summed E-state index contributed by atoms with van der Waals surface area (Å²) in [6.07, 6.45) is 1.54. The first kappa shape index (κ1) is 28.3. The van der Waals surface area contributed by atoms with Gasteiger partial charge in [-0.2, -0.15) is 14.1 Å². The number of ether oxygens (including phenoxy) is 1. The number of sulfonamides is 1. The fourth-order valence-corrected chi connectivity index (χ4v) is 6.27. The number of nitro benzene ring substituents is 1. The Kier molecular flexibility index (Phi) is 8.34. The molecule has 1 aliphatic rings. The second kappa shape index (κ2) is 12.1. The van der Waals surface area contributed by atoms with Gasteiger partial charge in [0.2, 0.25) is 15.8 Å². The molecule has 0 amide bonds. The molecule has 3 aromatic carbocycles. The highest BCUT2D eigenvalue weighted by molar-refractivity contribution is 7.88. The molecule has 1 saturated heterocycles. The van der Waals surface area contributed by atoms with E-state index in [2.05, 4.69) is 5.10 Å². The summed E-state index contributed by atoms with van der Waals surface area (Å²) < 4.78 is 34.9. The van der Waals surface area contributed by atoms with E-state index in [1.807, 2.05) is 35.2 Å². The van der Waals surface area contributed by atoms with Crippen LogP contribution in [0.15, 0.2) is 89.9 Å². The zero-order valence-corrected chi connectivity index (χ0v) is 23.4. The Morgan fingerprint density at radius 1 is 0.927 bits per heavy atom. The Morgan fingerprint density at radius 3 is 2.34 bits per heavy atom. The molecule has 1 aromatic heterocycles. The molecule has 0 unspecified atom stereocenters. The Labute approximate surface area is 241 Å². The molecular weight excluding hydrogens is 570 g/mol. The van der Waals surface area contributed by atoms with Crippen molar-refractivity contribution in [1.29, 1.82) is 0 Å². The van der Waals surface area contributed by atoms with E-state index in [1.165, 1.54) is 33.4 Å². The number of hydrogen-bond acceptors (Lipinski definition) is 8. The van der Waals surface area contributed by atoms with Crippen molar-refractivity contribution in [2.45, 2.75) is 12.4 Å². The summed E-state index contributed by atoms with van der Waals surface area (Å²) >= 11 is 6.14. The van der Waals surface area contributed by atoms with E-state index in [-0.39, 0.29) is 50.0 Å². The van der Waals surface area contributed by atoms with Gasteiger partial charge in [0.05, 0.1) is 22.6 Å². The fourth-order valence-electron chi connectivity index (χ4n) is 4.58. The van der Waals surface area contributed by atoms with E-state index >= 15 is 0 Å². The molecular formula is C28H26ClN5O6S. The molecule has 2 heterocycles. The monoisotopic (exact) mass is 595 g/mol. The summed E-state index contributed by atoms with van der Waals surface area (Å²) in [7, 11) is -3.74. The number of non-ortho nitro benzene ring substituents is 1. The molecule has 5 rings (SSSR count). The number of hydrogen-bond donors (Lipinski definition) is 0. The summed E-state index contributed by atoms with van der Waals surface area (Å²) in [5.74, 6) is -0.256. The van der Waals surface area contributed by atoms with Crippen LogP contribution in [0.4, 0.5) is 11.4 Å². The molecule has 0 radical (unpaired) electrons. The third-order valence-corrected chi connectivity index (χ3v) is 8.72. The maximum atomic E-state index is 13.6. The predicted octanol–water partition coefficient (Wildman–Crippen LogP) is 4.03. The molecule has 0 N–H and O–H groups in total. The van der Waals surface area contributed by atoms with Crippen LogP contribution >= 0.6 is 11.6 Å². The Morgan fingerprint density at radius 2 is 1.63 bits per heavy atom. The molecule has 1 aliphatic heterocycles. The summed E-state index contributed by atoms with van der Waals surface area (Å²) in [5.41, 5.74) is 1.52. The van der Waals surface area contributed by atoms with Gasteiger partial charge in [-0.25, -0.2) is 8.42 Å². The van der Waals surface area contributed by atoms with Gasteiger partial charge in [-0.05, 0) is 29.3 Å². The van der Waals surface area contributed by atoms with Gasteiger partial charge in [0.25, 0.3) is 5.69 Å². The lowest BCUT2D eigenvalue weighted by Gasteiger charge is -2.35. The largest absolute Gasteiger partial charge is 0.481 e. The quantitative estimate of drug-likeness (QED) is 0.210.